The SMILES string of the molecule is CC(C)S(=O)(=O)c1ccccc1N(c1nc(Cl)ncc1Cl)c1nc(Cl)ncc1Cl. The highest BCUT2D eigenvalue weighted by molar-refractivity contribution is 7.92. The van der Waals surface area contributed by atoms with Crippen LogP contribution in [-0.4, -0.2) is 33.6 Å². The fourth-order valence-electron chi connectivity index (χ4n) is 2.45. The summed E-state index contributed by atoms with van der Waals surface area (Å²) in [6.07, 6.45) is 2.57. The molecule has 2 aromatic heterocycles. The van der Waals surface area contributed by atoms with E-state index in [1.165, 1.54) is 23.4 Å². The van der Waals surface area contributed by atoms with Crippen LogP contribution >= 0.6 is 46.4 Å². The number of hydrogen-bond donors (Lipinski definition) is 0. The molecule has 0 spiro atoms. The Morgan fingerprint density at radius 2 is 1.34 bits per heavy atom. The Hall–Kier alpha value is -1.71. The van der Waals surface area contributed by atoms with Crippen molar-refractivity contribution in [1.82, 2.24) is 19.9 Å². The molecule has 0 amide bonds. The molecule has 2 heterocycles. The van der Waals surface area contributed by atoms with Crippen molar-refractivity contribution in [1.29, 1.82) is 0 Å². The minimum atomic E-state index is -3.70. The molecule has 0 atom stereocenters. The van der Waals surface area contributed by atoms with Gasteiger partial charge in [0.25, 0.3) is 0 Å². The predicted octanol–water partition coefficient (Wildman–Crippen LogP) is 5.53. The van der Waals surface area contributed by atoms with Crippen LogP contribution < -0.4 is 4.90 Å². The fraction of sp³-hybridized carbons (Fsp3) is 0.176. The second-order valence-corrected chi connectivity index (χ2v) is 9.98. The lowest BCUT2D eigenvalue weighted by molar-refractivity contribution is 0.587. The first-order chi connectivity index (χ1) is 13.6. The molecule has 1 aromatic carbocycles. The number of hydrogen-bond acceptors (Lipinski definition) is 7. The zero-order valence-corrected chi connectivity index (χ0v) is 18.9. The van der Waals surface area contributed by atoms with Crippen LogP contribution in [0.5, 0.6) is 0 Å². The minimum Gasteiger partial charge on any atom is -0.275 e. The van der Waals surface area contributed by atoms with Gasteiger partial charge >= 0.3 is 0 Å². The molecular weight excluding hydrogens is 480 g/mol. The van der Waals surface area contributed by atoms with Gasteiger partial charge in [-0.25, -0.2) is 18.4 Å². The molecule has 7 nitrogen and oxygen atoms in total. The molecule has 0 saturated carbocycles. The standard InChI is InChI=1S/C17H13Cl4N5O2S/c1-9(2)29(27,28)13-6-4-3-5-12(13)26(14-10(18)7-22-16(20)24-14)15-11(19)8-23-17(21)25-15/h3-9H,1-2H3. The maximum Gasteiger partial charge on any atom is 0.224 e. The molecule has 3 aromatic rings. The first-order valence-corrected chi connectivity index (χ1v) is 11.2. The summed E-state index contributed by atoms with van der Waals surface area (Å²) in [5.74, 6) is 0.157. The fourth-order valence-corrected chi connectivity index (χ4v) is 4.29. The van der Waals surface area contributed by atoms with Gasteiger partial charge in [-0.15, -0.1) is 0 Å². The topological polar surface area (TPSA) is 88.9 Å². The van der Waals surface area contributed by atoms with E-state index in [9.17, 15) is 8.42 Å². The Kier molecular flexibility index (Phi) is 6.50. The van der Waals surface area contributed by atoms with Gasteiger partial charge in [0.2, 0.25) is 10.6 Å². The number of anilines is 3. The van der Waals surface area contributed by atoms with Crippen molar-refractivity contribution in [3.05, 3.63) is 57.3 Å². The molecule has 152 valence electrons. The lowest BCUT2D eigenvalue weighted by atomic mass is 10.2. The molecule has 12 heteroatoms. The summed E-state index contributed by atoms with van der Waals surface area (Å²) in [7, 11) is -3.70. The number of para-hydroxylation sites is 1. The monoisotopic (exact) mass is 491 g/mol. The molecule has 29 heavy (non-hydrogen) atoms. The third kappa shape index (κ3) is 4.41. The summed E-state index contributed by atoms with van der Waals surface area (Å²) in [5.41, 5.74) is 0.217. The van der Waals surface area contributed by atoms with Gasteiger partial charge in [0, 0.05) is 0 Å². The molecule has 3 rings (SSSR count). The minimum absolute atomic E-state index is 0.0339. The normalized spacial score (nSPS) is 11.7. The van der Waals surface area contributed by atoms with Crippen molar-refractivity contribution in [2.24, 2.45) is 0 Å². The van der Waals surface area contributed by atoms with Gasteiger partial charge in [-0.1, -0.05) is 35.3 Å². The van der Waals surface area contributed by atoms with E-state index in [2.05, 4.69) is 19.9 Å². The van der Waals surface area contributed by atoms with E-state index < -0.39 is 15.1 Å². The maximum absolute atomic E-state index is 13.0. The van der Waals surface area contributed by atoms with Crippen molar-refractivity contribution in [2.75, 3.05) is 4.90 Å². The highest BCUT2D eigenvalue weighted by Gasteiger charge is 2.30. The quantitative estimate of drug-likeness (QED) is 0.432. The maximum atomic E-state index is 13.0. The van der Waals surface area contributed by atoms with Gasteiger partial charge in [0.1, 0.15) is 10.0 Å². The van der Waals surface area contributed by atoms with Gasteiger partial charge in [-0.05, 0) is 49.2 Å². The summed E-state index contributed by atoms with van der Waals surface area (Å²) in [6.45, 7) is 3.17. The number of aromatic nitrogens is 4. The summed E-state index contributed by atoms with van der Waals surface area (Å²) < 4.78 is 26.0. The van der Waals surface area contributed by atoms with E-state index in [4.69, 9.17) is 46.4 Å². The third-order valence-electron chi connectivity index (χ3n) is 3.85. The van der Waals surface area contributed by atoms with Crippen LogP contribution in [0.4, 0.5) is 17.3 Å². The van der Waals surface area contributed by atoms with E-state index >= 15 is 0 Å². The van der Waals surface area contributed by atoms with Crippen LogP contribution in [0.1, 0.15) is 13.8 Å². The van der Waals surface area contributed by atoms with E-state index in [1.54, 1.807) is 32.0 Å². The number of halogens is 4. The number of rotatable bonds is 5. The van der Waals surface area contributed by atoms with Crippen LogP contribution in [0.25, 0.3) is 0 Å². The van der Waals surface area contributed by atoms with Crippen molar-refractivity contribution < 1.29 is 8.42 Å². The molecule has 0 aliphatic carbocycles. The predicted molar refractivity (Wildman–Crippen MR) is 115 cm³/mol. The Labute approximate surface area is 187 Å². The average molecular weight is 493 g/mol. The first kappa shape index (κ1) is 22.0. The molecule has 0 radical (unpaired) electrons. The van der Waals surface area contributed by atoms with Crippen molar-refractivity contribution in [3.63, 3.8) is 0 Å². The Morgan fingerprint density at radius 3 is 1.83 bits per heavy atom. The average Bonchev–Trinajstić information content (AvgIpc) is 2.67. The second-order valence-electron chi connectivity index (χ2n) is 6.02. The van der Waals surface area contributed by atoms with Gasteiger partial charge < -0.3 is 0 Å². The van der Waals surface area contributed by atoms with Crippen LogP contribution in [0.2, 0.25) is 20.6 Å². The molecule has 0 N–H and O–H groups in total. The largest absolute Gasteiger partial charge is 0.275 e. The Balaban J connectivity index is 2.40. The smallest absolute Gasteiger partial charge is 0.224 e. The summed E-state index contributed by atoms with van der Waals surface area (Å²) >= 11 is 24.6. The van der Waals surface area contributed by atoms with E-state index in [1.807, 2.05) is 0 Å². The molecule has 0 saturated heterocycles. The van der Waals surface area contributed by atoms with E-state index in [0.29, 0.717) is 0 Å². The number of nitrogens with zero attached hydrogens (tertiary/aromatic N) is 5. The molecule has 0 aliphatic rings. The van der Waals surface area contributed by atoms with Crippen LogP contribution in [0.3, 0.4) is 0 Å². The van der Waals surface area contributed by atoms with Gasteiger partial charge in [-0.2, -0.15) is 9.97 Å². The zero-order chi connectivity index (χ0) is 21.3. The van der Waals surface area contributed by atoms with Gasteiger partial charge in [-0.3, -0.25) is 4.90 Å². The first-order valence-electron chi connectivity index (χ1n) is 8.12. The van der Waals surface area contributed by atoms with E-state index in [0.717, 1.165) is 0 Å². The number of benzene rings is 1. The summed E-state index contributed by atoms with van der Waals surface area (Å²) in [4.78, 5) is 17.4. The van der Waals surface area contributed by atoms with Crippen molar-refractivity contribution in [3.8, 4) is 0 Å². The molecule has 0 unspecified atom stereocenters. The van der Waals surface area contributed by atoms with Crippen molar-refractivity contribution in [2.45, 2.75) is 24.0 Å². The lowest BCUT2D eigenvalue weighted by Gasteiger charge is -2.27. The zero-order valence-electron chi connectivity index (χ0n) is 15.0. The summed E-state index contributed by atoms with van der Waals surface area (Å²) in [6, 6.07) is 6.33. The van der Waals surface area contributed by atoms with Crippen LogP contribution in [0.15, 0.2) is 41.6 Å². The van der Waals surface area contributed by atoms with Crippen molar-refractivity contribution >= 4 is 73.6 Å². The van der Waals surface area contributed by atoms with Gasteiger partial charge in [0.15, 0.2) is 21.5 Å². The Morgan fingerprint density at radius 1 is 0.862 bits per heavy atom. The third-order valence-corrected chi connectivity index (χ3v) is 6.95. The van der Waals surface area contributed by atoms with Gasteiger partial charge in [0.05, 0.1) is 28.2 Å². The van der Waals surface area contributed by atoms with Crippen LogP contribution in [-0.2, 0) is 9.84 Å². The lowest BCUT2D eigenvalue weighted by Crippen LogP contribution is -2.21. The van der Waals surface area contributed by atoms with E-state index in [-0.39, 0.29) is 42.8 Å². The molecule has 0 aliphatic heterocycles. The summed E-state index contributed by atoms with van der Waals surface area (Å²) in [5, 5.41) is -0.696. The molecular formula is C17H13Cl4N5O2S. The molecule has 0 bridgehead atoms. The second kappa shape index (κ2) is 8.57. The van der Waals surface area contributed by atoms with Crippen LogP contribution in [0, 0.1) is 0 Å². The Bertz CT molecular complexity index is 1120. The highest BCUT2D eigenvalue weighted by Crippen LogP contribution is 2.42. The highest BCUT2D eigenvalue weighted by atomic mass is 35.5. The molecule has 0 fully saturated rings. The number of sulfone groups is 1.